The third-order valence-electron chi connectivity index (χ3n) is 3.50. The summed E-state index contributed by atoms with van der Waals surface area (Å²) in [6.07, 6.45) is 3.76. The summed E-state index contributed by atoms with van der Waals surface area (Å²) < 4.78 is 0. The predicted molar refractivity (Wildman–Crippen MR) is 68.3 cm³/mol. The Hall–Kier alpha value is -2.18. The van der Waals surface area contributed by atoms with Crippen LogP contribution in [0.3, 0.4) is 0 Å². The van der Waals surface area contributed by atoms with Crippen LogP contribution in [0.15, 0.2) is 17.4 Å². The topological polar surface area (TPSA) is 113 Å². The van der Waals surface area contributed by atoms with Gasteiger partial charge in [-0.25, -0.2) is 9.97 Å². The average Bonchev–Trinajstić information content (AvgIpc) is 2.35. The van der Waals surface area contributed by atoms with Crippen LogP contribution in [0, 0.1) is 12.3 Å². The number of carbonyl (C=O) groups excluding carboxylic acids is 1. The number of amides is 1. The number of aryl methyl sites for hydroxylation is 1. The van der Waals surface area contributed by atoms with Gasteiger partial charge in [0.1, 0.15) is 11.2 Å². The van der Waals surface area contributed by atoms with E-state index in [2.05, 4.69) is 20.4 Å². The molecule has 2 rings (SSSR count). The van der Waals surface area contributed by atoms with E-state index in [9.17, 15) is 4.79 Å². The molecular formula is C12H17N5O2. The lowest BCUT2D eigenvalue weighted by Gasteiger charge is -2.38. The third-order valence-corrected chi connectivity index (χ3v) is 3.50. The number of amidine groups is 1. The molecule has 1 heterocycles. The van der Waals surface area contributed by atoms with Gasteiger partial charge in [-0.05, 0) is 25.8 Å². The molecule has 0 spiro atoms. The molecule has 7 nitrogen and oxygen atoms in total. The van der Waals surface area contributed by atoms with Gasteiger partial charge >= 0.3 is 0 Å². The lowest BCUT2D eigenvalue weighted by Crippen LogP contribution is -2.53. The van der Waals surface area contributed by atoms with Gasteiger partial charge in [0, 0.05) is 6.20 Å². The summed E-state index contributed by atoms with van der Waals surface area (Å²) in [5.41, 5.74) is 5.50. The minimum absolute atomic E-state index is 0.0184. The van der Waals surface area contributed by atoms with Gasteiger partial charge in [-0.15, -0.1) is 0 Å². The Morgan fingerprint density at radius 2 is 2.37 bits per heavy atom. The maximum atomic E-state index is 12.2. The number of oxime groups is 1. The zero-order chi connectivity index (χ0) is 13.9. The van der Waals surface area contributed by atoms with E-state index >= 15 is 0 Å². The molecule has 0 bridgehead atoms. The van der Waals surface area contributed by atoms with Crippen molar-refractivity contribution in [2.75, 3.05) is 0 Å². The fraction of sp³-hybridized carbons (Fsp3) is 0.500. The van der Waals surface area contributed by atoms with Crippen molar-refractivity contribution in [2.45, 2.75) is 32.7 Å². The van der Waals surface area contributed by atoms with Crippen LogP contribution in [0.2, 0.25) is 0 Å². The number of rotatable bonds is 4. The van der Waals surface area contributed by atoms with Gasteiger partial charge in [0.15, 0.2) is 5.84 Å². The van der Waals surface area contributed by atoms with Crippen molar-refractivity contribution in [2.24, 2.45) is 16.3 Å². The van der Waals surface area contributed by atoms with Crippen LogP contribution < -0.4 is 11.1 Å². The van der Waals surface area contributed by atoms with Crippen molar-refractivity contribution >= 4 is 11.7 Å². The van der Waals surface area contributed by atoms with Gasteiger partial charge < -0.3 is 16.3 Å². The van der Waals surface area contributed by atoms with E-state index in [4.69, 9.17) is 10.9 Å². The van der Waals surface area contributed by atoms with Gasteiger partial charge in [0.05, 0.1) is 12.2 Å². The molecule has 0 atom stereocenters. The Bertz CT molecular complexity index is 511. The number of nitrogens with two attached hydrogens (primary N) is 1. The molecule has 1 aliphatic carbocycles. The maximum Gasteiger partial charge on any atom is 0.234 e. The zero-order valence-corrected chi connectivity index (χ0v) is 10.8. The molecule has 0 aromatic carbocycles. The lowest BCUT2D eigenvalue weighted by molar-refractivity contribution is -0.131. The monoisotopic (exact) mass is 263 g/mol. The molecule has 102 valence electrons. The average molecular weight is 263 g/mol. The second-order valence-corrected chi connectivity index (χ2v) is 4.70. The highest BCUT2D eigenvalue weighted by Gasteiger charge is 2.48. The molecule has 1 saturated carbocycles. The third kappa shape index (κ3) is 2.49. The van der Waals surface area contributed by atoms with E-state index in [1.807, 2.05) is 0 Å². The van der Waals surface area contributed by atoms with Gasteiger partial charge in [-0.1, -0.05) is 11.6 Å². The fourth-order valence-corrected chi connectivity index (χ4v) is 2.17. The fourth-order valence-electron chi connectivity index (χ4n) is 2.17. The second kappa shape index (κ2) is 5.21. The highest BCUT2D eigenvalue weighted by molar-refractivity contribution is 6.07. The van der Waals surface area contributed by atoms with Crippen molar-refractivity contribution < 1.29 is 10.0 Å². The number of aromatic nitrogens is 2. The number of hydrogen-bond donors (Lipinski definition) is 3. The molecule has 4 N–H and O–H groups in total. The number of hydrogen-bond acceptors (Lipinski definition) is 5. The Morgan fingerprint density at radius 3 is 2.89 bits per heavy atom. The van der Waals surface area contributed by atoms with E-state index in [0.717, 1.165) is 12.1 Å². The van der Waals surface area contributed by atoms with Crippen molar-refractivity contribution in [3.8, 4) is 0 Å². The van der Waals surface area contributed by atoms with Crippen LogP contribution in [0.5, 0.6) is 0 Å². The maximum absolute atomic E-state index is 12.2. The first kappa shape index (κ1) is 13.3. The van der Waals surface area contributed by atoms with Crippen molar-refractivity contribution in [1.82, 2.24) is 15.3 Å². The van der Waals surface area contributed by atoms with Crippen LogP contribution in [0.4, 0.5) is 0 Å². The van der Waals surface area contributed by atoms with Crippen LogP contribution >= 0.6 is 0 Å². The SMILES string of the molecule is Cc1nccc(CNC(=O)C2(/C(N)=N/O)CCC2)n1. The predicted octanol–water partition coefficient (Wildman–Crippen LogP) is 0.318. The Labute approximate surface area is 110 Å². The molecule has 0 aliphatic heterocycles. The molecule has 1 aromatic rings. The van der Waals surface area contributed by atoms with Gasteiger partial charge in [-0.2, -0.15) is 0 Å². The van der Waals surface area contributed by atoms with E-state index in [0.29, 0.717) is 25.2 Å². The molecular weight excluding hydrogens is 246 g/mol. The summed E-state index contributed by atoms with van der Waals surface area (Å²) in [5, 5.41) is 14.5. The standard InChI is InChI=1S/C12H17N5O2/c1-8-14-6-3-9(16-8)7-15-11(18)12(4-2-5-12)10(13)17-19/h3,6,19H,2,4-5,7H2,1H3,(H2,13,17)(H,15,18). The summed E-state index contributed by atoms with van der Waals surface area (Å²) in [6, 6.07) is 1.74. The Balaban J connectivity index is 2.01. The first-order chi connectivity index (χ1) is 9.08. The number of nitrogens with one attached hydrogen (secondary N) is 1. The Kier molecular flexibility index (Phi) is 3.64. The summed E-state index contributed by atoms with van der Waals surface area (Å²) in [5.74, 6) is 0.418. The quantitative estimate of drug-likeness (QED) is 0.313. The van der Waals surface area contributed by atoms with Crippen molar-refractivity contribution in [3.63, 3.8) is 0 Å². The van der Waals surface area contributed by atoms with E-state index in [1.54, 1.807) is 19.2 Å². The van der Waals surface area contributed by atoms with Gasteiger partial charge in [-0.3, -0.25) is 4.79 Å². The molecule has 1 amide bonds. The molecule has 0 radical (unpaired) electrons. The first-order valence-electron chi connectivity index (χ1n) is 6.13. The van der Waals surface area contributed by atoms with Gasteiger partial charge in [0.25, 0.3) is 0 Å². The van der Waals surface area contributed by atoms with Crippen LogP contribution in [0.25, 0.3) is 0 Å². The summed E-state index contributed by atoms with van der Waals surface area (Å²) >= 11 is 0. The molecule has 19 heavy (non-hydrogen) atoms. The van der Waals surface area contributed by atoms with E-state index in [-0.39, 0.29) is 11.7 Å². The summed E-state index contributed by atoms with van der Waals surface area (Å²) in [6.45, 7) is 2.10. The molecule has 0 saturated heterocycles. The summed E-state index contributed by atoms with van der Waals surface area (Å²) in [7, 11) is 0. The van der Waals surface area contributed by atoms with E-state index in [1.165, 1.54) is 0 Å². The first-order valence-corrected chi connectivity index (χ1v) is 6.13. The lowest BCUT2D eigenvalue weighted by atomic mass is 9.67. The minimum atomic E-state index is -0.850. The minimum Gasteiger partial charge on any atom is -0.409 e. The summed E-state index contributed by atoms with van der Waals surface area (Å²) in [4.78, 5) is 20.4. The molecule has 0 unspecified atom stereocenters. The van der Waals surface area contributed by atoms with Crippen molar-refractivity contribution in [1.29, 1.82) is 0 Å². The zero-order valence-electron chi connectivity index (χ0n) is 10.8. The smallest absolute Gasteiger partial charge is 0.234 e. The Morgan fingerprint density at radius 1 is 1.63 bits per heavy atom. The van der Waals surface area contributed by atoms with Crippen LogP contribution in [-0.4, -0.2) is 26.9 Å². The van der Waals surface area contributed by atoms with Crippen LogP contribution in [-0.2, 0) is 11.3 Å². The highest BCUT2D eigenvalue weighted by Crippen LogP contribution is 2.41. The largest absolute Gasteiger partial charge is 0.409 e. The molecule has 1 fully saturated rings. The van der Waals surface area contributed by atoms with Crippen molar-refractivity contribution in [3.05, 3.63) is 23.8 Å². The molecule has 7 heteroatoms. The number of nitrogens with zero attached hydrogens (tertiary/aromatic N) is 3. The van der Waals surface area contributed by atoms with Crippen LogP contribution in [0.1, 0.15) is 30.8 Å². The highest BCUT2D eigenvalue weighted by atomic mass is 16.4. The normalized spacial score (nSPS) is 17.6. The molecule has 1 aromatic heterocycles. The number of carbonyl (C=O) groups is 1. The van der Waals surface area contributed by atoms with E-state index < -0.39 is 5.41 Å². The molecule has 1 aliphatic rings. The van der Waals surface area contributed by atoms with Gasteiger partial charge in [0.2, 0.25) is 5.91 Å². The second-order valence-electron chi connectivity index (χ2n) is 4.70.